The highest BCUT2D eigenvalue weighted by Gasteiger charge is 2.20. The van der Waals surface area contributed by atoms with Crippen LogP contribution < -0.4 is 0 Å². The van der Waals surface area contributed by atoms with Crippen LogP contribution in [0.3, 0.4) is 0 Å². The lowest BCUT2D eigenvalue weighted by Gasteiger charge is -2.10. The van der Waals surface area contributed by atoms with E-state index in [1.165, 1.54) is 19.5 Å². The molecule has 0 radical (unpaired) electrons. The third-order valence-electron chi connectivity index (χ3n) is 3.67. The monoisotopic (exact) mass is 257 g/mol. The molecule has 5 nitrogen and oxygen atoms in total. The Bertz CT molecular complexity index is 562. The van der Waals surface area contributed by atoms with Crippen LogP contribution in [0.2, 0.25) is 0 Å². The summed E-state index contributed by atoms with van der Waals surface area (Å²) in [5.41, 5.74) is 3.03. The number of hydrogen-bond donors (Lipinski definition) is 0. The Morgan fingerprint density at radius 2 is 2.16 bits per heavy atom. The summed E-state index contributed by atoms with van der Waals surface area (Å²) in [6.07, 6.45) is 9.77. The van der Waals surface area contributed by atoms with E-state index in [2.05, 4.69) is 22.0 Å². The van der Waals surface area contributed by atoms with E-state index < -0.39 is 0 Å². The number of rotatable bonds is 3. The van der Waals surface area contributed by atoms with Crippen molar-refractivity contribution in [2.75, 3.05) is 20.1 Å². The number of aromatic nitrogens is 4. The summed E-state index contributed by atoms with van der Waals surface area (Å²) < 4.78 is 1.79. The Morgan fingerprint density at radius 3 is 2.84 bits per heavy atom. The van der Waals surface area contributed by atoms with Crippen LogP contribution in [0, 0.1) is 5.92 Å². The molecule has 1 aliphatic heterocycles. The van der Waals surface area contributed by atoms with Crippen molar-refractivity contribution in [2.24, 2.45) is 13.0 Å². The fraction of sp³-hybridized carbons (Fsp3) is 0.500. The van der Waals surface area contributed by atoms with Gasteiger partial charge in [-0.15, -0.1) is 0 Å². The normalized spacial score (nSPS) is 20.0. The molecule has 3 rings (SSSR count). The quantitative estimate of drug-likeness (QED) is 0.833. The van der Waals surface area contributed by atoms with Crippen LogP contribution in [0.15, 0.2) is 24.8 Å². The summed E-state index contributed by atoms with van der Waals surface area (Å²) in [5, 5.41) is 4.18. The second-order valence-corrected chi connectivity index (χ2v) is 5.42. The average Bonchev–Trinajstić information content (AvgIpc) is 2.99. The topological polar surface area (TPSA) is 46.8 Å². The first kappa shape index (κ1) is 12.3. The molecule has 0 unspecified atom stereocenters. The van der Waals surface area contributed by atoms with E-state index in [-0.39, 0.29) is 0 Å². The van der Waals surface area contributed by atoms with E-state index in [4.69, 9.17) is 4.98 Å². The molecule has 0 bridgehead atoms. The predicted octanol–water partition coefficient (Wildman–Crippen LogP) is 1.37. The van der Waals surface area contributed by atoms with Crippen molar-refractivity contribution in [1.82, 2.24) is 24.6 Å². The molecule has 0 amide bonds. The van der Waals surface area contributed by atoms with Crippen molar-refractivity contribution in [3.63, 3.8) is 0 Å². The first-order valence-corrected chi connectivity index (χ1v) is 6.69. The van der Waals surface area contributed by atoms with Crippen LogP contribution in [0.5, 0.6) is 0 Å². The third-order valence-corrected chi connectivity index (χ3v) is 3.67. The number of nitrogens with zero attached hydrogens (tertiary/aromatic N) is 5. The van der Waals surface area contributed by atoms with Crippen molar-refractivity contribution >= 4 is 0 Å². The Kier molecular flexibility index (Phi) is 3.29. The molecule has 1 saturated heterocycles. The lowest BCUT2D eigenvalue weighted by Crippen LogP contribution is -2.15. The maximum Gasteiger partial charge on any atom is 0.0920 e. The zero-order valence-electron chi connectivity index (χ0n) is 11.5. The highest BCUT2D eigenvalue weighted by atomic mass is 15.2. The van der Waals surface area contributed by atoms with Gasteiger partial charge in [0, 0.05) is 31.5 Å². The van der Waals surface area contributed by atoms with Gasteiger partial charge >= 0.3 is 0 Å². The maximum absolute atomic E-state index is 4.71. The lowest BCUT2D eigenvalue weighted by atomic mass is 10.0. The highest BCUT2D eigenvalue weighted by molar-refractivity contribution is 5.55. The van der Waals surface area contributed by atoms with Gasteiger partial charge in [-0.05, 0) is 32.4 Å². The van der Waals surface area contributed by atoms with Crippen LogP contribution in [-0.4, -0.2) is 44.8 Å². The van der Waals surface area contributed by atoms with Gasteiger partial charge in [-0.1, -0.05) is 0 Å². The van der Waals surface area contributed by atoms with Crippen LogP contribution in [0.25, 0.3) is 11.3 Å². The molecule has 0 aliphatic carbocycles. The number of aryl methyl sites for hydroxylation is 1. The van der Waals surface area contributed by atoms with E-state index >= 15 is 0 Å². The van der Waals surface area contributed by atoms with Gasteiger partial charge in [-0.3, -0.25) is 9.67 Å². The molecular formula is C14H19N5. The van der Waals surface area contributed by atoms with Gasteiger partial charge < -0.3 is 4.90 Å². The summed E-state index contributed by atoms with van der Waals surface area (Å²) in [6.45, 7) is 2.36. The molecule has 100 valence electrons. The third kappa shape index (κ3) is 2.81. The molecule has 1 aliphatic rings. The molecule has 2 aromatic rings. The zero-order chi connectivity index (χ0) is 13.2. The van der Waals surface area contributed by atoms with Crippen LogP contribution in [-0.2, 0) is 13.5 Å². The minimum absolute atomic E-state index is 0.712. The molecule has 2 aromatic heterocycles. The first-order chi connectivity index (χ1) is 9.20. The van der Waals surface area contributed by atoms with Crippen molar-refractivity contribution in [1.29, 1.82) is 0 Å². The molecule has 0 spiro atoms. The predicted molar refractivity (Wildman–Crippen MR) is 73.5 cm³/mol. The van der Waals surface area contributed by atoms with Gasteiger partial charge in [0.25, 0.3) is 0 Å². The minimum Gasteiger partial charge on any atom is -0.306 e. The Morgan fingerprint density at radius 1 is 1.26 bits per heavy atom. The van der Waals surface area contributed by atoms with Gasteiger partial charge in [0.1, 0.15) is 0 Å². The second-order valence-electron chi connectivity index (χ2n) is 5.42. The summed E-state index contributed by atoms with van der Waals surface area (Å²) >= 11 is 0. The first-order valence-electron chi connectivity index (χ1n) is 6.69. The molecular weight excluding hydrogens is 238 g/mol. The number of hydrogen-bond acceptors (Lipinski definition) is 4. The van der Waals surface area contributed by atoms with E-state index in [9.17, 15) is 0 Å². The van der Waals surface area contributed by atoms with Crippen LogP contribution in [0.4, 0.5) is 0 Å². The summed E-state index contributed by atoms with van der Waals surface area (Å²) in [6, 6.07) is 0. The average molecular weight is 257 g/mol. The molecule has 3 heterocycles. The molecule has 0 saturated carbocycles. The summed E-state index contributed by atoms with van der Waals surface area (Å²) in [4.78, 5) is 11.4. The van der Waals surface area contributed by atoms with Crippen molar-refractivity contribution < 1.29 is 0 Å². The van der Waals surface area contributed by atoms with Crippen molar-refractivity contribution in [2.45, 2.75) is 12.8 Å². The SMILES string of the molecule is CN1CC[C@H](Cc2cncc(-c3cnn(C)c3)n2)C1. The van der Waals surface area contributed by atoms with Crippen molar-refractivity contribution in [3.8, 4) is 11.3 Å². The Hall–Kier alpha value is -1.75. The molecule has 19 heavy (non-hydrogen) atoms. The minimum atomic E-state index is 0.712. The largest absolute Gasteiger partial charge is 0.306 e. The molecule has 0 N–H and O–H groups in total. The van der Waals surface area contributed by atoms with Gasteiger partial charge in [0.15, 0.2) is 0 Å². The lowest BCUT2D eigenvalue weighted by molar-refractivity contribution is 0.393. The van der Waals surface area contributed by atoms with Gasteiger partial charge in [0.2, 0.25) is 0 Å². The van der Waals surface area contributed by atoms with Gasteiger partial charge in [-0.25, -0.2) is 4.98 Å². The zero-order valence-corrected chi connectivity index (χ0v) is 11.5. The fourth-order valence-corrected chi connectivity index (χ4v) is 2.69. The molecule has 0 aromatic carbocycles. The molecule has 1 atom stereocenters. The Balaban J connectivity index is 1.76. The Labute approximate surface area is 113 Å². The van der Waals surface area contributed by atoms with Crippen LogP contribution in [0.1, 0.15) is 12.1 Å². The summed E-state index contributed by atoms with van der Waals surface area (Å²) in [7, 11) is 4.09. The molecule has 5 heteroatoms. The second kappa shape index (κ2) is 5.09. The molecule has 1 fully saturated rings. The standard InChI is InChI=1S/C14H19N5/c1-18-4-3-11(9-18)5-13-7-15-8-14(17-13)12-6-16-19(2)10-12/h6-8,10-11H,3-5,9H2,1-2H3/t11-/m1/s1. The summed E-state index contributed by atoms with van der Waals surface area (Å²) in [5.74, 6) is 0.712. The van der Waals surface area contributed by atoms with E-state index in [1.54, 1.807) is 10.9 Å². The van der Waals surface area contributed by atoms with E-state index in [0.29, 0.717) is 5.92 Å². The van der Waals surface area contributed by atoms with Crippen LogP contribution >= 0.6 is 0 Å². The van der Waals surface area contributed by atoms with Crippen molar-refractivity contribution in [3.05, 3.63) is 30.5 Å². The maximum atomic E-state index is 4.71. The smallest absolute Gasteiger partial charge is 0.0920 e. The van der Waals surface area contributed by atoms with E-state index in [1.807, 2.05) is 25.6 Å². The van der Waals surface area contributed by atoms with Gasteiger partial charge in [0.05, 0.1) is 23.8 Å². The fourth-order valence-electron chi connectivity index (χ4n) is 2.69. The highest BCUT2D eigenvalue weighted by Crippen LogP contribution is 2.20. The van der Waals surface area contributed by atoms with E-state index in [0.717, 1.165) is 23.4 Å². The van der Waals surface area contributed by atoms with Gasteiger partial charge in [-0.2, -0.15) is 5.10 Å². The number of likely N-dealkylation sites (tertiary alicyclic amines) is 1.